The summed E-state index contributed by atoms with van der Waals surface area (Å²) in [6, 6.07) is 0. The molecule has 0 radical (unpaired) electrons. The molecule has 6 aliphatic carbocycles. The topological polar surface area (TPSA) is 38.7 Å². The van der Waals surface area contributed by atoms with E-state index in [1.807, 2.05) is 7.11 Å². The molecular weight excluding hydrogens is 444 g/mol. The maximum absolute atomic E-state index is 11.1. The predicted molar refractivity (Wildman–Crippen MR) is 145 cm³/mol. The summed E-state index contributed by atoms with van der Waals surface area (Å²) in [4.78, 5) is 0. The Kier molecular flexibility index (Phi) is 6.69. The van der Waals surface area contributed by atoms with Crippen LogP contribution in [0.15, 0.2) is 0 Å². The van der Waals surface area contributed by atoms with Gasteiger partial charge in [0.15, 0.2) is 0 Å². The maximum Gasteiger partial charge on any atom is 0.0843 e. The van der Waals surface area contributed by atoms with Gasteiger partial charge in [-0.3, -0.25) is 0 Å². The molecule has 0 spiro atoms. The summed E-state index contributed by atoms with van der Waals surface area (Å²) in [5.41, 5.74) is 1.01. The third-order valence-electron chi connectivity index (χ3n) is 14.5. The van der Waals surface area contributed by atoms with E-state index >= 15 is 0 Å². The van der Waals surface area contributed by atoms with Crippen molar-refractivity contribution in [1.82, 2.24) is 0 Å². The number of ether oxygens (including phenoxy) is 2. The van der Waals surface area contributed by atoms with Gasteiger partial charge in [0.25, 0.3) is 0 Å². The van der Waals surface area contributed by atoms with E-state index in [-0.39, 0.29) is 18.3 Å². The lowest BCUT2D eigenvalue weighted by molar-refractivity contribution is -0.149. The molecule has 14 atom stereocenters. The van der Waals surface area contributed by atoms with Gasteiger partial charge in [0, 0.05) is 7.11 Å². The van der Waals surface area contributed by atoms with Crippen molar-refractivity contribution in [3.8, 4) is 0 Å². The molecule has 0 aliphatic heterocycles. The SMILES string of the molecule is COC1CCC(C2CC3CC2C(C)C3(C)C)CC1OC1CCC(O)C(C2CC3CC2C(C)C3(C)C)C1. The standard InChI is InChI=1S/C33H56O3/c1-18-24-13-21(32(18,3)4)15-26(24)20-8-11-30(35-7)31(12-20)36-23-9-10-29(34)28(17-23)27-16-22-14-25(27)19(2)33(22,5)6/h18-31,34H,8-17H2,1-7H3. The lowest BCUT2D eigenvalue weighted by Gasteiger charge is -2.48. The molecule has 14 unspecified atom stereocenters. The van der Waals surface area contributed by atoms with Crippen molar-refractivity contribution in [1.29, 1.82) is 0 Å². The minimum absolute atomic E-state index is 0.124. The summed E-state index contributed by atoms with van der Waals surface area (Å²) in [6.07, 6.45) is 13.0. The Morgan fingerprint density at radius 1 is 0.611 bits per heavy atom. The molecule has 0 aromatic carbocycles. The highest BCUT2D eigenvalue weighted by atomic mass is 16.5. The molecule has 0 aromatic heterocycles. The Hall–Kier alpha value is -0.120. The highest BCUT2D eigenvalue weighted by Crippen LogP contribution is 2.65. The van der Waals surface area contributed by atoms with Crippen molar-refractivity contribution in [2.75, 3.05) is 7.11 Å². The van der Waals surface area contributed by atoms with E-state index in [9.17, 15) is 5.11 Å². The molecule has 6 saturated carbocycles. The smallest absolute Gasteiger partial charge is 0.0843 e. The van der Waals surface area contributed by atoms with Crippen molar-refractivity contribution in [3.63, 3.8) is 0 Å². The average molecular weight is 501 g/mol. The zero-order valence-electron chi connectivity index (χ0n) is 24.4. The normalized spacial score (nSPS) is 55.3. The zero-order chi connectivity index (χ0) is 25.6. The number of rotatable bonds is 5. The Labute approximate surface area is 221 Å². The lowest BCUT2D eigenvalue weighted by atomic mass is 9.61. The molecule has 4 bridgehead atoms. The highest BCUT2D eigenvalue weighted by molar-refractivity contribution is 5.07. The van der Waals surface area contributed by atoms with Gasteiger partial charge in [-0.05, 0) is 134 Å². The average Bonchev–Trinajstić information content (AvgIpc) is 3.58. The van der Waals surface area contributed by atoms with E-state index in [2.05, 4.69) is 41.5 Å². The first-order valence-electron chi connectivity index (χ1n) is 15.9. The summed E-state index contributed by atoms with van der Waals surface area (Å²) in [6.45, 7) is 15.1. The van der Waals surface area contributed by atoms with Crippen LogP contribution in [-0.2, 0) is 9.47 Å². The lowest BCUT2D eigenvalue weighted by Crippen LogP contribution is -2.47. The van der Waals surface area contributed by atoms with Crippen molar-refractivity contribution in [3.05, 3.63) is 0 Å². The van der Waals surface area contributed by atoms with Crippen LogP contribution >= 0.6 is 0 Å². The number of methoxy groups -OCH3 is 1. The summed E-state index contributed by atoms with van der Waals surface area (Å²) < 4.78 is 13.0. The molecule has 206 valence electrons. The van der Waals surface area contributed by atoms with E-state index in [4.69, 9.17) is 9.47 Å². The van der Waals surface area contributed by atoms with Crippen LogP contribution in [0, 0.1) is 70.0 Å². The van der Waals surface area contributed by atoms with Crippen LogP contribution in [0.2, 0.25) is 0 Å². The Balaban J connectivity index is 1.11. The molecule has 0 heterocycles. The molecule has 3 nitrogen and oxygen atoms in total. The summed E-state index contributed by atoms with van der Waals surface area (Å²) in [5.74, 6) is 8.00. The second kappa shape index (κ2) is 9.22. The molecule has 0 saturated heterocycles. The quantitative estimate of drug-likeness (QED) is 0.429. The molecule has 1 N–H and O–H groups in total. The second-order valence-electron chi connectivity index (χ2n) is 15.9. The minimum Gasteiger partial charge on any atom is -0.393 e. The first-order chi connectivity index (χ1) is 17.0. The van der Waals surface area contributed by atoms with E-state index in [1.165, 1.54) is 38.5 Å². The molecule has 6 aliphatic rings. The minimum atomic E-state index is -0.124. The maximum atomic E-state index is 11.1. The van der Waals surface area contributed by atoms with E-state index < -0.39 is 0 Å². The highest BCUT2D eigenvalue weighted by Gasteiger charge is 2.58. The van der Waals surface area contributed by atoms with Crippen LogP contribution in [0.25, 0.3) is 0 Å². The zero-order valence-corrected chi connectivity index (χ0v) is 24.4. The first-order valence-corrected chi connectivity index (χ1v) is 15.9. The molecule has 0 aromatic rings. The molecule has 36 heavy (non-hydrogen) atoms. The van der Waals surface area contributed by atoms with Gasteiger partial charge < -0.3 is 14.6 Å². The van der Waals surface area contributed by atoms with E-state index in [1.54, 1.807) is 0 Å². The van der Waals surface area contributed by atoms with E-state index in [0.29, 0.717) is 28.8 Å². The largest absolute Gasteiger partial charge is 0.393 e. The number of hydrogen-bond acceptors (Lipinski definition) is 3. The fourth-order valence-corrected chi connectivity index (χ4v) is 11.4. The molecule has 6 fully saturated rings. The van der Waals surface area contributed by atoms with Gasteiger partial charge in [-0.25, -0.2) is 0 Å². The molecule has 3 heteroatoms. The van der Waals surface area contributed by atoms with Crippen LogP contribution in [0.4, 0.5) is 0 Å². The predicted octanol–water partition coefficient (Wildman–Crippen LogP) is 7.35. The first kappa shape index (κ1) is 26.1. The number of aliphatic hydroxyl groups excluding tert-OH is 1. The van der Waals surface area contributed by atoms with Gasteiger partial charge >= 0.3 is 0 Å². The van der Waals surface area contributed by atoms with Gasteiger partial charge in [0.1, 0.15) is 0 Å². The van der Waals surface area contributed by atoms with Crippen molar-refractivity contribution in [2.24, 2.45) is 70.0 Å². The van der Waals surface area contributed by atoms with Crippen molar-refractivity contribution < 1.29 is 14.6 Å². The number of hydrogen-bond donors (Lipinski definition) is 1. The molecule has 6 rings (SSSR count). The van der Waals surface area contributed by atoms with Crippen LogP contribution in [0.3, 0.4) is 0 Å². The summed E-state index contributed by atoms with van der Waals surface area (Å²) in [5, 5.41) is 11.1. The van der Waals surface area contributed by atoms with Gasteiger partial charge in [-0.2, -0.15) is 0 Å². The van der Waals surface area contributed by atoms with Gasteiger partial charge in [0.05, 0.1) is 24.4 Å². The molecule has 0 amide bonds. The van der Waals surface area contributed by atoms with Gasteiger partial charge in [-0.15, -0.1) is 0 Å². The molecular formula is C33H56O3. The second-order valence-corrected chi connectivity index (χ2v) is 15.9. The van der Waals surface area contributed by atoms with Gasteiger partial charge in [0.2, 0.25) is 0 Å². The number of aliphatic hydroxyl groups is 1. The third-order valence-corrected chi connectivity index (χ3v) is 14.5. The summed E-state index contributed by atoms with van der Waals surface area (Å²) in [7, 11) is 1.90. The third kappa shape index (κ3) is 3.98. The Morgan fingerprint density at radius 2 is 1.19 bits per heavy atom. The van der Waals surface area contributed by atoms with E-state index in [0.717, 1.165) is 73.0 Å². The summed E-state index contributed by atoms with van der Waals surface area (Å²) >= 11 is 0. The fourth-order valence-electron chi connectivity index (χ4n) is 11.4. The van der Waals surface area contributed by atoms with Gasteiger partial charge in [-0.1, -0.05) is 41.5 Å². The van der Waals surface area contributed by atoms with Crippen molar-refractivity contribution >= 4 is 0 Å². The van der Waals surface area contributed by atoms with Crippen LogP contribution in [-0.4, -0.2) is 36.6 Å². The Bertz CT molecular complexity index is 797. The number of fused-ring (bicyclic) bond motifs is 4. The Morgan fingerprint density at radius 3 is 1.78 bits per heavy atom. The fraction of sp³-hybridized carbons (Fsp3) is 1.00. The van der Waals surface area contributed by atoms with Crippen LogP contribution in [0.5, 0.6) is 0 Å². The van der Waals surface area contributed by atoms with Crippen molar-refractivity contribution in [2.45, 2.75) is 130 Å². The monoisotopic (exact) mass is 500 g/mol. The van der Waals surface area contributed by atoms with Crippen LogP contribution in [0.1, 0.15) is 106 Å². The van der Waals surface area contributed by atoms with Crippen LogP contribution < -0.4 is 0 Å².